The molecule has 1 fully saturated rings. The topological polar surface area (TPSA) is 65.0 Å². The van der Waals surface area contributed by atoms with Gasteiger partial charge in [-0.2, -0.15) is 0 Å². The Labute approximate surface area is 134 Å². The van der Waals surface area contributed by atoms with Gasteiger partial charge in [-0.3, -0.25) is 4.79 Å². The molecule has 2 unspecified atom stereocenters. The highest BCUT2D eigenvalue weighted by atomic mass is 16.5. The van der Waals surface area contributed by atoms with Crippen molar-refractivity contribution in [2.75, 3.05) is 33.0 Å². The predicted octanol–water partition coefficient (Wildman–Crippen LogP) is 3.26. The van der Waals surface area contributed by atoms with Crippen LogP contribution in [0.3, 0.4) is 0 Å². The van der Waals surface area contributed by atoms with Crippen molar-refractivity contribution in [1.29, 1.82) is 0 Å². The van der Waals surface area contributed by atoms with E-state index < -0.39 is 11.4 Å². The fourth-order valence-electron chi connectivity index (χ4n) is 3.07. The fourth-order valence-corrected chi connectivity index (χ4v) is 3.07. The largest absolute Gasteiger partial charge is 0.481 e. The molecule has 0 saturated heterocycles. The van der Waals surface area contributed by atoms with E-state index in [1.807, 2.05) is 6.92 Å². The van der Waals surface area contributed by atoms with Crippen molar-refractivity contribution in [2.45, 2.75) is 64.9 Å². The number of ether oxygens (including phenoxy) is 3. The zero-order valence-corrected chi connectivity index (χ0v) is 14.1. The average molecular weight is 316 g/mol. The molecule has 1 aliphatic carbocycles. The van der Waals surface area contributed by atoms with Crippen LogP contribution in [0.15, 0.2) is 0 Å². The summed E-state index contributed by atoms with van der Waals surface area (Å²) in [4.78, 5) is 11.7. The number of rotatable bonds is 12. The fraction of sp³-hybridized carbons (Fsp3) is 0.941. The molecule has 130 valence electrons. The third-order valence-electron chi connectivity index (χ3n) is 4.57. The van der Waals surface area contributed by atoms with Gasteiger partial charge in [0, 0.05) is 6.61 Å². The van der Waals surface area contributed by atoms with Crippen molar-refractivity contribution in [3.8, 4) is 0 Å². The van der Waals surface area contributed by atoms with Gasteiger partial charge in [0.25, 0.3) is 0 Å². The van der Waals surface area contributed by atoms with E-state index >= 15 is 0 Å². The Balaban J connectivity index is 2.18. The molecule has 0 radical (unpaired) electrons. The molecule has 2 atom stereocenters. The summed E-state index contributed by atoms with van der Waals surface area (Å²) in [6.07, 6.45) is 6.23. The average Bonchev–Trinajstić information content (AvgIpc) is 2.53. The standard InChI is InChI=1S/C17H32O5/c1-3-5-10-20-11-12-21-13-14-22-15-8-6-7-9-17(15,4-2)16(18)19/h15H,3-14H2,1-2H3,(H,18,19). The van der Waals surface area contributed by atoms with Gasteiger partial charge in [-0.25, -0.2) is 0 Å². The number of unbranched alkanes of at least 4 members (excludes halogenated alkanes) is 1. The number of carboxylic acids is 1. The quantitative estimate of drug-likeness (QED) is 0.560. The molecule has 22 heavy (non-hydrogen) atoms. The monoisotopic (exact) mass is 316 g/mol. The molecular weight excluding hydrogens is 284 g/mol. The van der Waals surface area contributed by atoms with Crippen LogP contribution in [0, 0.1) is 5.41 Å². The highest BCUT2D eigenvalue weighted by Gasteiger charge is 2.46. The van der Waals surface area contributed by atoms with Crippen LogP contribution in [0.25, 0.3) is 0 Å². The molecule has 0 aromatic rings. The Hall–Kier alpha value is -0.650. The van der Waals surface area contributed by atoms with Crippen molar-refractivity contribution >= 4 is 5.97 Å². The smallest absolute Gasteiger partial charge is 0.312 e. The van der Waals surface area contributed by atoms with Crippen LogP contribution in [-0.2, 0) is 19.0 Å². The Morgan fingerprint density at radius 3 is 2.41 bits per heavy atom. The summed E-state index contributed by atoms with van der Waals surface area (Å²) >= 11 is 0. The zero-order valence-electron chi connectivity index (χ0n) is 14.1. The second kappa shape index (κ2) is 11.0. The predicted molar refractivity (Wildman–Crippen MR) is 85.1 cm³/mol. The second-order valence-corrected chi connectivity index (χ2v) is 6.00. The van der Waals surface area contributed by atoms with Crippen LogP contribution in [0.4, 0.5) is 0 Å². The summed E-state index contributed by atoms with van der Waals surface area (Å²) in [6, 6.07) is 0. The van der Waals surface area contributed by atoms with Gasteiger partial charge in [-0.15, -0.1) is 0 Å². The first-order valence-corrected chi connectivity index (χ1v) is 8.68. The molecule has 0 bridgehead atoms. The van der Waals surface area contributed by atoms with E-state index in [-0.39, 0.29) is 6.10 Å². The maximum Gasteiger partial charge on any atom is 0.312 e. The van der Waals surface area contributed by atoms with Crippen molar-refractivity contribution in [1.82, 2.24) is 0 Å². The highest BCUT2D eigenvalue weighted by Crippen LogP contribution is 2.41. The molecule has 1 N–H and O–H groups in total. The summed E-state index contributed by atoms with van der Waals surface area (Å²) in [5.74, 6) is -0.718. The molecule has 1 rings (SSSR count). The van der Waals surface area contributed by atoms with Crippen LogP contribution in [0.5, 0.6) is 0 Å². The summed E-state index contributed by atoms with van der Waals surface area (Å²) < 4.78 is 16.7. The van der Waals surface area contributed by atoms with E-state index in [1.165, 1.54) is 0 Å². The minimum Gasteiger partial charge on any atom is -0.481 e. The molecule has 5 nitrogen and oxygen atoms in total. The molecule has 5 heteroatoms. The van der Waals surface area contributed by atoms with Gasteiger partial charge >= 0.3 is 5.97 Å². The van der Waals surface area contributed by atoms with Gasteiger partial charge in [-0.1, -0.05) is 33.1 Å². The van der Waals surface area contributed by atoms with Crippen molar-refractivity contribution in [3.63, 3.8) is 0 Å². The molecule has 0 amide bonds. The minimum absolute atomic E-state index is 0.187. The lowest BCUT2D eigenvalue weighted by Gasteiger charge is -2.39. The summed E-state index contributed by atoms with van der Waals surface area (Å²) in [7, 11) is 0. The van der Waals surface area contributed by atoms with Crippen LogP contribution < -0.4 is 0 Å². The number of hydrogen-bond donors (Lipinski definition) is 1. The lowest BCUT2D eigenvalue weighted by Crippen LogP contribution is -2.46. The van der Waals surface area contributed by atoms with E-state index in [1.54, 1.807) is 0 Å². The van der Waals surface area contributed by atoms with Gasteiger partial charge in [0.2, 0.25) is 0 Å². The molecular formula is C17H32O5. The van der Waals surface area contributed by atoms with E-state index in [9.17, 15) is 9.90 Å². The van der Waals surface area contributed by atoms with Crippen molar-refractivity contribution in [3.05, 3.63) is 0 Å². The lowest BCUT2D eigenvalue weighted by atomic mass is 9.70. The Morgan fingerprint density at radius 2 is 1.77 bits per heavy atom. The summed E-state index contributed by atoms with van der Waals surface area (Å²) in [5.41, 5.74) is -0.707. The Morgan fingerprint density at radius 1 is 1.09 bits per heavy atom. The lowest BCUT2D eigenvalue weighted by molar-refractivity contribution is -0.166. The molecule has 0 aromatic heterocycles. The molecule has 1 saturated carbocycles. The summed E-state index contributed by atoms with van der Waals surface area (Å²) in [6.45, 7) is 6.99. The van der Waals surface area contributed by atoms with E-state index in [0.717, 1.165) is 45.1 Å². The van der Waals surface area contributed by atoms with Crippen molar-refractivity contribution in [2.24, 2.45) is 5.41 Å². The van der Waals surface area contributed by atoms with Gasteiger partial charge in [-0.05, 0) is 25.7 Å². The van der Waals surface area contributed by atoms with Crippen LogP contribution in [-0.4, -0.2) is 50.2 Å². The van der Waals surface area contributed by atoms with Crippen molar-refractivity contribution < 1.29 is 24.1 Å². The minimum atomic E-state index is -0.718. The molecule has 0 heterocycles. The third-order valence-corrected chi connectivity index (χ3v) is 4.57. The first kappa shape index (κ1) is 19.4. The summed E-state index contributed by atoms with van der Waals surface area (Å²) in [5, 5.41) is 9.57. The molecule has 0 aromatic carbocycles. The maximum atomic E-state index is 11.7. The molecule has 0 aliphatic heterocycles. The first-order valence-electron chi connectivity index (χ1n) is 8.68. The molecule has 1 aliphatic rings. The van der Waals surface area contributed by atoms with Crippen LogP contribution >= 0.6 is 0 Å². The first-order chi connectivity index (χ1) is 10.7. The maximum absolute atomic E-state index is 11.7. The van der Waals surface area contributed by atoms with E-state index in [2.05, 4.69) is 6.92 Å². The van der Waals surface area contributed by atoms with Gasteiger partial charge < -0.3 is 19.3 Å². The van der Waals surface area contributed by atoms with Gasteiger partial charge in [0.05, 0.1) is 37.9 Å². The molecule has 0 spiro atoms. The van der Waals surface area contributed by atoms with E-state index in [0.29, 0.717) is 32.8 Å². The van der Waals surface area contributed by atoms with Crippen LogP contribution in [0.1, 0.15) is 58.8 Å². The van der Waals surface area contributed by atoms with Gasteiger partial charge in [0.1, 0.15) is 0 Å². The number of carbonyl (C=O) groups is 1. The van der Waals surface area contributed by atoms with Crippen LogP contribution in [0.2, 0.25) is 0 Å². The highest BCUT2D eigenvalue weighted by molar-refractivity contribution is 5.75. The SMILES string of the molecule is CCCCOCCOCCOC1CCCCC1(CC)C(=O)O. The Kier molecular flexibility index (Phi) is 9.68. The van der Waals surface area contributed by atoms with E-state index in [4.69, 9.17) is 14.2 Å². The van der Waals surface area contributed by atoms with Gasteiger partial charge in [0.15, 0.2) is 0 Å². The Bertz CT molecular complexity index is 307. The number of hydrogen-bond acceptors (Lipinski definition) is 4. The number of aliphatic carboxylic acids is 1. The zero-order chi connectivity index (χ0) is 16.3. The second-order valence-electron chi connectivity index (χ2n) is 6.00. The normalized spacial score (nSPS) is 25.3. The third kappa shape index (κ3) is 5.86. The number of carboxylic acid groups (broad SMARTS) is 1.